The first-order valence-electron chi connectivity index (χ1n) is 6.98. The largest absolute Gasteiger partial charge is 0.279 e. The van der Waals surface area contributed by atoms with Crippen molar-refractivity contribution in [3.05, 3.63) is 52.7 Å². The van der Waals surface area contributed by atoms with Gasteiger partial charge < -0.3 is 0 Å². The molecule has 0 amide bonds. The first-order chi connectivity index (χ1) is 10.8. The molecule has 1 aromatic carbocycles. The summed E-state index contributed by atoms with van der Waals surface area (Å²) in [5.74, 6) is 0. The normalized spacial score (nSPS) is 11.6. The number of hydrogen-bond acceptors (Lipinski definition) is 5. The van der Waals surface area contributed by atoms with E-state index >= 15 is 0 Å². The van der Waals surface area contributed by atoms with Crippen LogP contribution < -0.4 is 4.72 Å². The average Bonchev–Trinajstić information content (AvgIpc) is 3.10. The van der Waals surface area contributed by atoms with E-state index in [1.165, 1.54) is 11.3 Å². The molecule has 0 radical (unpaired) electrons. The van der Waals surface area contributed by atoms with Gasteiger partial charge in [0.2, 0.25) is 0 Å². The molecule has 2 heterocycles. The number of sulfonamides is 1. The second-order valence-corrected chi connectivity index (χ2v) is 9.51. The Balaban J connectivity index is 1.89. The fourth-order valence-electron chi connectivity index (χ4n) is 2.20. The molecule has 0 aliphatic heterocycles. The highest BCUT2D eigenvalue weighted by Gasteiger charge is 2.19. The molecule has 120 valence electrons. The molecule has 0 saturated heterocycles. The number of benzene rings is 1. The van der Waals surface area contributed by atoms with Gasteiger partial charge in [-0.3, -0.25) is 4.72 Å². The maximum absolute atomic E-state index is 12.6. The zero-order valence-electron chi connectivity index (χ0n) is 13.0. The fraction of sp³-hybridized carbons (Fsp3) is 0.188. The maximum Gasteiger partial charge on any atom is 0.271 e. The molecule has 7 heteroatoms. The minimum Gasteiger partial charge on any atom is -0.279 e. The second kappa shape index (κ2) is 6.07. The van der Waals surface area contributed by atoms with E-state index in [1.54, 1.807) is 29.7 Å². The van der Waals surface area contributed by atoms with Crippen LogP contribution in [0.3, 0.4) is 0 Å². The van der Waals surface area contributed by atoms with Crippen LogP contribution in [0.1, 0.15) is 16.1 Å². The summed E-state index contributed by atoms with van der Waals surface area (Å²) in [6.45, 7) is 5.81. The molecule has 0 bridgehead atoms. The lowest BCUT2D eigenvalue weighted by Crippen LogP contribution is -2.12. The van der Waals surface area contributed by atoms with Crippen molar-refractivity contribution in [3.8, 4) is 9.75 Å². The molecule has 1 N–H and O–H groups in total. The number of thiazole rings is 1. The number of aryl methyl sites for hydroxylation is 3. The lowest BCUT2D eigenvalue weighted by Gasteiger charge is -2.09. The highest BCUT2D eigenvalue weighted by molar-refractivity contribution is 7.94. The Hall–Kier alpha value is -1.70. The zero-order chi connectivity index (χ0) is 16.6. The van der Waals surface area contributed by atoms with Crippen LogP contribution in [0, 0.1) is 20.8 Å². The van der Waals surface area contributed by atoms with Gasteiger partial charge >= 0.3 is 0 Å². The molecule has 0 saturated carbocycles. The Bertz CT molecular complexity index is 955. The number of nitrogens with zero attached hydrogens (tertiary/aromatic N) is 1. The molecule has 0 unspecified atom stereocenters. The van der Waals surface area contributed by atoms with E-state index in [2.05, 4.69) is 9.71 Å². The first kappa shape index (κ1) is 16.2. The molecule has 0 aliphatic carbocycles. The molecule has 0 atom stereocenters. The standard InChI is InChI=1S/C16H16N2O2S3/c1-10-4-5-13(11(2)8-10)18-23(19,20)16-7-6-14(22-16)15-9-17-12(3)21-15/h4-9,18H,1-3H3. The van der Waals surface area contributed by atoms with E-state index in [9.17, 15) is 8.42 Å². The van der Waals surface area contributed by atoms with E-state index < -0.39 is 10.0 Å². The van der Waals surface area contributed by atoms with Crippen LogP contribution in [0.4, 0.5) is 5.69 Å². The Kier molecular flexibility index (Phi) is 4.27. The van der Waals surface area contributed by atoms with Gasteiger partial charge in [-0.05, 0) is 44.5 Å². The average molecular weight is 365 g/mol. The van der Waals surface area contributed by atoms with Crippen molar-refractivity contribution in [1.82, 2.24) is 4.98 Å². The molecule has 3 aromatic rings. The Labute approximate surface area is 143 Å². The van der Waals surface area contributed by atoms with E-state index in [1.807, 2.05) is 39.0 Å². The van der Waals surface area contributed by atoms with Crippen LogP contribution in [0.2, 0.25) is 0 Å². The Morgan fingerprint density at radius 2 is 1.78 bits per heavy atom. The topological polar surface area (TPSA) is 59.1 Å². The number of nitrogens with one attached hydrogen (secondary N) is 1. The summed E-state index contributed by atoms with van der Waals surface area (Å²) in [6, 6.07) is 9.11. The van der Waals surface area contributed by atoms with E-state index in [0.29, 0.717) is 9.90 Å². The second-order valence-electron chi connectivity index (χ2n) is 5.29. The van der Waals surface area contributed by atoms with Gasteiger partial charge in [-0.15, -0.1) is 22.7 Å². The summed E-state index contributed by atoms with van der Waals surface area (Å²) in [4.78, 5) is 6.11. The lowest BCUT2D eigenvalue weighted by atomic mass is 10.1. The van der Waals surface area contributed by atoms with Gasteiger partial charge in [0.15, 0.2) is 0 Å². The molecule has 0 spiro atoms. The van der Waals surface area contributed by atoms with Gasteiger partial charge in [0.1, 0.15) is 4.21 Å². The summed E-state index contributed by atoms with van der Waals surface area (Å²) in [5, 5.41) is 0.964. The van der Waals surface area contributed by atoms with Crippen LogP contribution in [-0.2, 0) is 10.0 Å². The van der Waals surface area contributed by atoms with E-state index in [4.69, 9.17) is 0 Å². The van der Waals surface area contributed by atoms with Crippen molar-refractivity contribution in [2.75, 3.05) is 4.72 Å². The lowest BCUT2D eigenvalue weighted by molar-refractivity contribution is 0.603. The Morgan fingerprint density at radius 1 is 1.00 bits per heavy atom. The maximum atomic E-state index is 12.6. The van der Waals surface area contributed by atoms with Crippen LogP contribution in [0.25, 0.3) is 9.75 Å². The van der Waals surface area contributed by atoms with E-state index in [-0.39, 0.29) is 0 Å². The highest BCUT2D eigenvalue weighted by Crippen LogP contribution is 2.34. The Morgan fingerprint density at radius 3 is 2.43 bits per heavy atom. The monoisotopic (exact) mass is 364 g/mol. The van der Waals surface area contributed by atoms with Gasteiger partial charge in [0, 0.05) is 11.1 Å². The molecule has 23 heavy (non-hydrogen) atoms. The van der Waals surface area contributed by atoms with Crippen LogP contribution in [-0.4, -0.2) is 13.4 Å². The van der Waals surface area contributed by atoms with Gasteiger partial charge in [0.25, 0.3) is 10.0 Å². The SMILES string of the molecule is Cc1ccc(NS(=O)(=O)c2ccc(-c3cnc(C)s3)s2)c(C)c1. The molecule has 0 fully saturated rings. The van der Waals surface area contributed by atoms with Crippen LogP contribution in [0.15, 0.2) is 40.7 Å². The molecular weight excluding hydrogens is 348 g/mol. The van der Waals surface area contributed by atoms with Gasteiger partial charge in [-0.1, -0.05) is 17.7 Å². The summed E-state index contributed by atoms with van der Waals surface area (Å²) >= 11 is 2.81. The van der Waals surface area contributed by atoms with Gasteiger partial charge in [-0.25, -0.2) is 13.4 Å². The van der Waals surface area contributed by atoms with Crippen LogP contribution in [0.5, 0.6) is 0 Å². The van der Waals surface area contributed by atoms with Crippen molar-refractivity contribution in [2.45, 2.75) is 25.0 Å². The number of aromatic nitrogens is 1. The van der Waals surface area contributed by atoms with Crippen molar-refractivity contribution in [1.29, 1.82) is 0 Å². The summed E-state index contributed by atoms with van der Waals surface area (Å²) < 4.78 is 28.1. The predicted octanol–water partition coefficient (Wildman–Crippen LogP) is 4.60. The summed E-state index contributed by atoms with van der Waals surface area (Å²) in [6.07, 6.45) is 1.78. The van der Waals surface area contributed by atoms with Crippen LogP contribution >= 0.6 is 22.7 Å². The number of rotatable bonds is 4. The van der Waals surface area contributed by atoms with Gasteiger partial charge in [0.05, 0.1) is 15.6 Å². The minimum atomic E-state index is -3.58. The van der Waals surface area contributed by atoms with Crippen molar-refractivity contribution >= 4 is 38.4 Å². The van der Waals surface area contributed by atoms with Crippen molar-refractivity contribution in [3.63, 3.8) is 0 Å². The predicted molar refractivity (Wildman–Crippen MR) is 96.9 cm³/mol. The highest BCUT2D eigenvalue weighted by atomic mass is 32.2. The van der Waals surface area contributed by atoms with E-state index in [0.717, 1.165) is 25.9 Å². The third-order valence-electron chi connectivity index (χ3n) is 3.34. The quantitative estimate of drug-likeness (QED) is 0.736. The first-order valence-corrected chi connectivity index (χ1v) is 10.1. The third kappa shape index (κ3) is 3.46. The summed E-state index contributed by atoms with van der Waals surface area (Å²) in [7, 11) is -3.58. The fourth-order valence-corrected chi connectivity index (χ4v) is 5.48. The molecule has 4 nitrogen and oxygen atoms in total. The summed E-state index contributed by atoms with van der Waals surface area (Å²) in [5.41, 5.74) is 2.62. The van der Waals surface area contributed by atoms with Crippen molar-refractivity contribution < 1.29 is 8.42 Å². The number of anilines is 1. The number of thiophene rings is 1. The van der Waals surface area contributed by atoms with Gasteiger partial charge in [-0.2, -0.15) is 0 Å². The molecule has 2 aromatic heterocycles. The minimum absolute atomic E-state index is 0.304. The molecule has 3 rings (SSSR count). The molecular formula is C16H16N2O2S3. The smallest absolute Gasteiger partial charge is 0.271 e. The zero-order valence-corrected chi connectivity index (χ0v) is 15.4. The number of hydrogen-bond donors (Lipinski definition) is 1. The van der Waals surface area contributed by atoms with Crippen molar-refractivity contribution in [2.24, 2.45) is 0 Å². The molecule has 0 aliphatic rings. The third-order valence-corrected chi connectivity index (χ3v) is 7.39.